The molecular formula is C20H23F2N5O3. The number of fused-ring (bicyclic) bond motifs is 1. The zero-order valence-corrected chi connectivity index (χ0v) is 16.4. The Hall–Kier alpha value is -3.04. The molecule has 1 aromatic heterocycles. The Morgan fingerprint density at radius 1 is 1.23 bits per heavy atom. The molecule has 2 aromatic rings. The molecule has 1 atom stereocenters. The van der Waals surface area contributed by atoms with E-state index >= 15 is 0 Å². The lowest BCUT2D eigenvalue weighted by Crippen LogP contribution is -2.34. The Balaban J connectivity index is 1.28. The smallest absolute Gasteiger partial charge is 0.345 e. The lowest BCUT2D eigenvalue weighted by Gasteiger charge is -2.17. The summed E-state index contributed by atoms with van der Waals surface area (Å²) in [5.41, 5.74) is -0.144. The molecule has 1 N–H and O–H groups in total. The number of aryl methyl sites for hydroxylation is 2. The van der Waals surface area contributed by atoms with E-state index in [2.05, 4.69) is 10.4 Å². The van der Waals surface area contributed by atoms with Crippen LogP contribution >= 0.6 is 0 Å². The third kappa shape index (κ3) is 3.99. The van der Waals surface area contributed by atoms with Gasteiger partial charge in [0.1, 0.15) is 17.5 Å². The summed E-state index contributed by atoms with van der Waals surface area (Å²) in [6.07, 6.45) is 3.31. The van der Waals surface area contributed by atoms with Gasteiger partial charge in [-0.1, -0.05) is 0 Å². The summed E-state index contributed by atoms with van der Waals surface area (Å²) in [7, 11) is 0. The molecule has 2 aliphatic rings. The van der Waals surface area contributed by atoms with Crippen LogP contribution in [0.2, 0.25) is 0 Å². The van der Waals surface area contributed by atoms with Crippen LogP contribution in [-0.4, -0.2) is 39.3 Å². The summed E-state index contributed by atoms with van der Waals surface area (Å²) < 4.78 is 30.2. The predicted octanol–water partition coefficient (Wildman–Crippen LogP) is 1.22. The van der Waals surface area contributed by atoms with Gasteiger partial charge in [-0.05, 0) is 31.4 Å². The molecule has 0 aliphatic carbocycles. The lowest BCUT2D eigenvalue weighted by molar-refractivity contribution is -0.126. The minimum atomic E-state index is -0.836. The highest BCUT2D eigenvalue weighted by Crippen LogP contribution is 2.28. The maximum absolute atomic E-state index is 14.0. The van der Waals surface area contributed by atoms with Crippen molar-refractivity contribution in [2.45, 2.75) is 45.2 Å². The average Bonchev–Trinajstić information content (AvgIpc) is 3.26. The Morgan fingerprint density at radius 3 is 2.83 bits per heavy atom. The number of aromatic nitrogens is 3. The summed E-state index contributed by atoms with van der Waals surface area (Å²) in [6.45, 7) is 1.48. The SMILES string of the molecule is O=C(NCCCn1nc2n(c1=O)CCCC2)C1CC(=O)N(c2ccc(F)cc2F)C1. The van der Waals surface area contributed by atoms with Crippen molar-refractivity contribution in [2.24, 2.45) is 5.92 Å². The second-order valence-electron chi connectivity index (χ2n) is 7.68. The second-order valence-corrected chi connectivity index (χ2v) is 7.68. The molecule has 2 aliphatic heterocycles. The molecule has 1 unspecified atom stereocenters. The fourth-order valence-electron chi connectivity index (χ4n) is 4.00. The fourth-order valence-corrected chi connectivity index (χ4v) is 4.00. The maximum Gasteiger partial charge on any atom is 0.345 e. The van der Waals surface area contributed by atoms with Crippen molar-refractivity contribution in [1.29, 1.82) is 0 Å². The number of nitrogens with zero attached hydrogens (tertiary/aromatic N) is 4. The highest BCUT2D eigenvalue weighted by atomic mass is 19.1. The number of nitrogens with one attached hydrogen (secondary N) is 1. The van der Waals surface area contributed by atoms with E-state index in [1.165, 1.54) is 15.6 Å². The Morgan fingerprint density at radius 2 is 2.07 bits per heavy atom. The first-order chi connectivity index (χ1) is 14.4. The lowest BCUT2D eigenvalue weighted by atomic mass is 10.1. The molecule has 2 amide bonds. The first-order valence-corrected chi connectivity index (χ1v) is 10.1. The third-order valence-electron chi connectivity index (χ3n) is 5.57. The number of anilines is 1. The number of hydrogen-bond acceptors (Lipinski definition) is 4. The van der Waals surface area contributed by atoms with Crippen LogP contribution < -0.4 is 15.9 Å². The number of carbonyl (C=O) groups is 2. The van der Waals surface area contributed by atoms with Gasteiger partial charge >= 0.3 is 5.69 Å². The van der Waals surface area contributed by atoms with Crippen molar-refractivity contribution in [3.8, 4) is 0 Å². The monoisotopic (exact) mass is 419 g/mol. The molecule has 160 valence electrons. The minimum absolute atomic E-state index is 0.0279. The van der Waals surface area contributed by atoms with Gasteiger partial charge < -0.3 is 10.2 Å². The molecule has 1 fully saturated rings. The van der Waals surface area contributed by atoms with E-state index in [1.54, 1.807) is 4.57 Å². The molecule has 0 radical (unpaired) electrons. The molecule has 1 aromatic carbocycles. The van der Waals surface area contributed by atoms with E-state index in [4.69, 9.17) is 0 Å². The van der Waals surface area contributed by atoms with Gasteiger partial charge in [-0.3, -0.25) is 14.2 Å². The summed E-state index contributed by atoms with van der Waals surface area (Å²) in [4.78, 5) is 38.1. The normalized spacial score (nSPS) is 18.5. The summed E-state index contributed by atoms with van der Waals surface area (Å²) in [5, 5.41) is 7.12. The Labute approximate surface area is 171 Å². The molecule has 1 saturated heterocycles. The highest BCUT2D eigenvalue weighted by molar-refractivity contribution is 6.00. The molecule has 3 heterocycles. The van der Waals surface area contributed by atoms with Gasteiger partial charge in [0.25, 0.3) is 0 Å². The van der Waals surface area contributed by atoms with Gasteiger partial charge in [0.2, 0.25) is 11.8 Å². The topological polar surface area (TPSA) is 89.2 Å². The van der Waals surface area contributed by atoms with Crippen molar-refractivity contribution in [1.82, 2.24) is 19.7 Å². The Bertz CT molecular complexity index is 1030. The molecule has 10 heteroatoms. The summed E-state index contributed by atoms with van der Waals surface area (Å²) >= 11 is 0. The van der Waals surface area contributed by atoms with E-state index in [-0.39, 0.29) is 36.2 Å². The summed E-state index contributed by atoms with van der Waals surface area (Å²) in [5.74, 6) is -2.04. The predicted molar refractivity (Wildman–Crippen MR) is 104 cm³/mol. The molecule has 0 saturated carbocycles. The van der Waals surface area contributed by atoms with Crippen LogP contribution in [0.3, 0.4) is 0 Å². The van der Waals surface area contributed by atoms with Crippen LogP contribution in [0.15, 0.2) is 23.0 Å². The van der Waals surface area contributed by atoms with Gasteiger partial charge in [0, 0.05) is 45.1 Å². The van der Waals surface area contributed by atoms with Gasteiger partial charge in [0.15, 0.2) is 0 Å². The van der Waals surface area contributed by atoms with Crippen molar-refractivity contribution in [2.75, 3.05) is 18.0 Å². The van der Waals surface area contributed by atoms with Crippen molar-refractivity contribution in [3.63, 3.8) is 0 Å². The Kier molecular flexibility index (Phi) is 5.65. The number of hydrogen-bond donors (Lipinski definition) is 1. The molecule has 4 rings (SSSR count). The number of rotatable bonds is 6. The van der Waals surface area contributed by atoms with Gasteiger partial charge in [0.05, 0.1) is 11.6 Å². The van der Waals surface area contributed by atoms with Crippen molar-refractivity contribution < 1.29 is 18.4 Å². The number of benzene rings is 1. The molecule has 0 bridgehead atoms. The molecule has 30 heavy (non-hydrogen) atoms. The molecular weight excluding hydrogens is 396 g/mol. The van der Waals surface area contributed by atoms with E-state index in [1.807, 2.05) is 0 Å². The van der Waals surface area contributed by atoms with E-state index in [9.17, 15) is 23.2 Å². The quantitative estimate of drug-likeness (QED) is 0.713. The van der Waals surface area contributed by atoms with Crippen LogP contribution in [0.1, 0.15) is 31.5 Å². The third-order valence-corrected chi connectivity index (χ3v) is 5.57. The second kappa shape index (κ2) is 8.37. The number of amides is 2. The zero-order chi connectivity index (χ0) is 21.3. The van der Waals surface area contributed by atoms with E-state index < -0.39 is 17.6 Å². The first kappa shape index (κ1) is 20.2. The number of halogens is 2. The largest absolute Gasteiger partial charge is 0.356 e. The highest BCUT2D eigenvalue weighted by Gasteiger charge is 2.36. The van der Waals surface area contributed by atoms with Gasteiger partial charge in [-0.25, -0.2) is 18.3 Å². The van der Waals surface area contributed by atoms with Crippen molar-refractivity contribution in [3.05, 3.63) is 46.1 Å². The number of carbonyl (C=O) groups excluding carboxylic acids is 2. The van der Waals surface area contributed by atoms with E-state index in [0.717, 1.165) is 31.2 Å². The van der Waals surface area contributed by atoms with Crippen LogP contribution in [0.25, 0.3) is 0 Å². The zero-order valence-electron chi connectivity index (χ0n) is 16.4. The maximum atomic E-state index is 14.0. The van der Waals surface area contributed by atoms with Gasteiger partial charge in [-0.15, -0.1) is 0 Å². The summed E-state index contributed by atoms with van der Waals surface area (Å²) in [6, 6.07) is 2.99. The van der Waals surface area contributed by atoms with Crippen LogP contribution in [0.4, 0.5) is 14.5 Å². The van der Waals surface area contributed by atoms with Crippen LogP contribution in [-0.2, 0) is 29.1 Å². The first-order valence-electron chi connectivity index (χ1n) is 10.1. The van der Waals surface area contributed by atoms with Gasteiger partial charge in [-0.2, -0.15) is 5.10 Å². The fraction of sp³-hybridized carbons (Fsp3) is 0.500. The standard InChI is InChI=1S/C20H23F2N5O3/c21-14-5-6-16(15(22)11-14)26-12-13(10-18(26)28)19(29)23-7-3-9-27-20(30)25-8-2-1-4-17(25)24-27/h5-6,11,13H,1-4,7-10,12H2,(H,23,29). The van der Waals surface area contributed by atoms with Crippen LogP contribution in [0.5, 0.6) is 0 Å². The molecule has 8 nitrogen and oxygen atoms in total. The van der Waals surface area contributed by atoms with Crippen molar-refractivity contribution >= 4 is 17.5 Å². The average molecular weight is 419 g/mol. The molecule has 0 spiro atoms. The minimum Gasteiger partial charge on any atom is -0.356 e. The van der Waals surface area contributed by atoms with E-state index in [0.29, 0.717) is 32.1 Å². The van der Waals surface area contributed by atoms with Crippen LogP contribution in [0, 0.1) is 17.6 Å².